The third kappa shape index (κ3) is 4.64. The van der Waals surface area contributed by atoms with E-state index in [9.17, 15) is 5.11 Å². The molecule has 1 unspecified atom stereocenters. The second-order valence-corrected chi connectivity index (χ2v) is 6.21. The first-order valence-electron chi connectivity index (χ1n) is 8.81. The van der Waals surface area contributed by atoms with E-state index in [1.54, 1.807) is 7.11 Å². The highest BCUT2D eigenvalue weighted by atomic mass is 35.5. The highest BCUT2D eigenvalue weighted by Gasteiger charge is 2.14. The quantitative estimate of drug-likeness (QED) is 0.619. The van der Waals surface area contributed by atoms with Crippen LogP contribution in [0.5, 0.6) is 11.5 Å². The highest BCUT2D eigenvalue weighted by molar-refractivity contribution is 5.85. The van der Waals surface area contributed by atoms with Crippen molar-refractivity contribution >= 4 is 23.4 Å². The fourth-order valence-corrected chi connectivity index (χ4v) is 3.06. The van der Waals surface area contributed by atoms with Gasteiger partial charge in [-0.3, -0.25) is 5.41 Å². The molecular weight excluding hydrogens is 366 g/mol. The van der Waals surface area contributed by atoms with Crippen molar-refractivity contribution in [2.75, 3.05) is 13.7 Å². The van der Waals surface area contributed by atoms with Crippen molar-refractivity contribution in [3.8, 4) is 11.5 Å². The molecule has 1 heterocycles. The third-order valence-electron chi connectivity index (χ3n) is 4.32. The molecule has 0 aliphatic heterocycles. The molecule has 0 amide bonds. The van der Waals surface area contributed by atoms with Crippen molar-refractivity contribution in [3.05, 3.63) is 54.1 Å². The number of fused-ring (bicyclic) bond motifs is 1. The zero-order valence-electron chi connectivity index (χ0n) is 15.6. The van der Waals surface area contributed by atoms with Gasteiger partial charge in [-0.2, -0.15) is 0 Å². The first-order valence-corrected chi connectivity index (χ1v) is 8.81. The predicted octanol–water partition coefficient (Wildman–Crippen LogP) is 3.20. The maximum Gasteiger partial charge on any atom is 0.203 e. The fraction of sp³-hybridized carbons (Fsp3) is 0.350. The maximum absolute atomic E-state index is 10.4. The maximum atomic E-state index is 10.4. The number of aromatic nitrogens is 2. The molecule has 1 atom stereocenters. The van der Waals surface area contributed by atoms with Crippen molar-refractivity contribution in [1.29, 1.82) is 5.41 Å². The number of methoxy groups -OCH3 is 1. The molecule has 27 heavy (non-hydrogen) atoms. The van der Waals surface area contributed by atoms with E-state index in [-0.39, 0.29) is 19.0 Å². The summed E-state index contributed by atoms with van der Waals surface area (Å²) in [6.07, 6.45) is 0.236. The zero-order valence-corrected chi connectivity index (χ0v) is 16.4. The monoisotopic (exact) mass is 391 g/mol. The van der Waals surface area contributed by atoms with E-state index in [0.717, 1.165) is 29.7 Å². The van der Waals surface area contributed by atoms with Crippen LogP contribution in [0.3, 0.4) is 0 Å². The summed E-state index contributed by atoms with van der Waals surface area (Å²) in [5, 5.41) is 18.9. The molecule has 0 aliphatic rings. The van der Waals surface area contributed by atoms with Gasteiger partial charge in [0, 0.05) is 6.54 Å². The predicted molar refractivity (Wildman–Crippen MR) is 108 cm³/mol. The first-order chi connectivity index (χ1) is 12.6. The number of rotatable bonds is 8. The fourth-order valence-electron chi connectivity index (χ4n) is 3.06. The summed E-state index contributed by atoms with van der Waals surface area (Å²) in [7, 11) is 1.62. The van der Waals surface area contributed by atoms with Crippen molar-refractivity contribution in [2.24, 2.45) is 0 Å². The Kier molecular flexibility index (Phi) is 7.33. The lowest BCUT2D eigenvalue weighted by molar-refractivity contribution is 0.0920. The minimum Gasteiger partial charge on any atom is -0.497 e. The van der Waals surface area contributed by atoms with Gasteiger partial charge in [0.15, 0.2) is 0 Å². The number of aliphatic hydroxyl groups is 1. The molecule has 0 saturated carbocycles. The van der Waals surface area contributed by atoms with E-state index in [1.807, 2.05) is 57.7 Å². The third-order valence-corrected chi connectivity index (χ3v) is 4.32. The number of nitrogens with one attached hydrogen (secondary N) is 1. The lowest BCUT2D eigenvalue weighted by Gasteiger charge is -2.14. The number of halogens is 1. The van der Waals surface area contributed by atoms with E-state index in [4.69, 9.17) is 14.9 Å². The Morgan fingerprint density at radius 1 is 1.00 bits per heavy atom. The molecule has 7 heteroatoms. The lowest BCUT2D eigenvalue weighted by Crippen LogP contribution is -2.31. The summed E-state index contributed by atoms with van der Waals surface area (Å²) < 4.78 is 14.6. The van der Waals surface area contributed by atoms with Crippen LogP contribution in [-0.2, 0) is 13.1 Å². The molecule has 2 aromatic carbocycles. The van der Waals surface area contributed by atoms with Crippen molar-refractivity contribution in [2.45, 2.75) is 32.5 Å². The number of aliphatic hydroxyl groups excluding tert-OH is 1. The van der Waals surface area contributed by atoms with Crippen LogP contribution in [0, 0.1) is 5.41 Å². The molecule has 3 aromatic rings. The molecule has 2 N–H and O–H groups in total. The number of para-hydroxylation sites is 2. The molecule has 0 aliphatic carbocycles. The number of imidazole rings is 1. The Morgan fingerprint density at radius 3 is 2.19 bits per heavy atom. The van der Waals surface area contributed by atoms with Gasteiger partial charge < -0.3 is 23.7 Å². The van der Waals surface area contributed by atoms with Gasteiger partial charge >= 0.3 is 0 Å². The summed E-state index contributed by atoms with van der Waals surface area (Å²) in [6.45, 7) is 3.35. The standard InChI is InChI=1S/C20H25N3O3.ClH/c1-3-12-22-18-6-4-5-7-19(18)23(20(22)21)13-15(24)14-26-17-10-8-16(25-2)9-11-17;/h4-11,15,21,24H,3,12-14H2,1-2H3;1H. The Labute approximate surface area is 164 Å². The second kappa shape index (κ2) is 9.48. The zero-order chi connectivity index (χ0) is 18.5. The van der Waals surface area contributed by atoms with Gasteiger partial charge in [-0.1, -0.05) is 19.1 Å². The average molecular weight is 392 g/mol. The van der Waals surface area contributed by atoms with E-state index < -0.39 is 6.10 Å². The van der Waals surface area contributed by atoms with Gasteiger partial charge in [0.25, 0.3) is 0 Å². The molecule has 1 aromatic heterocycles. The number of hydrogen-bond acceptors (Lipinski definition) is 4. The second-order valence-electron chi connectivity index (χ2n) is 6.21. The van der Waals surface area contributed by atoms with Gasteiger partial charge in [0.1, 0.15) is 24.2 Å². The Balaban J connectivity index is 0.00000261. The Bertz CT molecular complexity index is 918. The molecule has 0 fully saturated rings. The Morgan fingerprint density at radius 2 is 1.59 bits per heavy atom. The number of benzene rings is 2. The van der Waals surface area contributed by atoms with Gasteiger partial charge in [-0.05, 0) is 42.8 Å². The van der Waals surface area contributed by atoms with Crippen molar-refractivity contribution in [3.63, 3.8) is 0 Å². The summed E-state index contributed by atoms with van der Waals surface area (Å²) >= 11 is 0. The van der Waals surface area contributed by atoms with E-state index in [0.29, 0.717) is 17.9 Å². The molecule has 146 valence electrons. The summed E-state index contributed by atoms with van der Waals surface area (Å²) in [5.74, 6) is 1.44. The molecule has 0 bridgehead atoms. The largest absolute Gasteiger partial charge is 0.497 e. The van der Waals surface area contributed by atoms with Crippen molar-refractivity contribution in [1.82, 2.24) is 9.13 Å². The number of aryl methyl sites for hydroxylation is 1. The summed E-state index contributed by atoms with van der Waals surface area (Å²) in [6, 6.07) is 15.2. The molecule has 0 radical (unpaired) electrons. The molecule has 0 spiro atoms. The minimum absolute atomic E-state index is 0. The van der Waals surface area contributed by atoms with Crippen LogP contribution in [-0.4, -0.2) is 34.1 Å². The lowest BCUT2D eigenvalue weighted by atomic mass is 10.3. The van der Waals surface area contributed by atoms with Crippen LogP contribution >= 0.6 is 12.4 Å². The molecular formula is C20H26ClN3O3. The van der Waals surface area contributed by atoms with Crippen LogP contribution in [0.25, 0.3) is 11.0 Å². The van der Waals surface area contributed by atoms with E-state index in [1.165, 1.54) is 0 Å². The molecule has 3 rings (SSSR count). The van der Waals surface area contributed by atoms with Crippen LogP contribution in [0.15, 0.2) is 48.5 Å². The normalized spacial score (nSPS) is 11.8. The minimum atomic E-state index is -0.716. The number of hydrogen-bond donors (Lipinski definition) is 2. The summed E-state index contributed by atoms with van der Waals surface area (Å²) in [4.78, 5) is 0. The van der Waals surface area contributed by atoms with Gasteiger partial charge in [-0.15, -0.1) is 12.4 Å². The van der Waals surface area contributed by atoms with Crippen LogP contribution < -0.4 is 15.1 Å². The number of nitrogens with zero attached hydrogens (tertiary/aromatic N) is 2. The van der Waals surface area contributed by atoms with Crippen LogP contribution in [0.4, 0.5) is 0 Å². The average Bonchev–Trinajstić information content (AvgIpc) is 2.93. The van der Waals surface area contributed by atoms with E-state index in [2.05, 4.69) is 6.92 Å². The van der Waals surface area contributed by atoms with E-state index >= 15 is 0 Å². The number of ether oxygens (including phenoxy) is 2. The smallest absolute Gasteiger partial charge is 0.203 e. The van der Waals surface area contributed by atoms with Gasteiger partial charge in [0.2, 0.25) is 5.62 Å². The first kappa shape index (κ1) is 20.9. The van der Waals surface area contributed by atoms with Crippen LogP contribution in [0.1, 0.15) is 13.3 Å². The summed E-state index contributed by atoms with van der Waals surface area (Å²) in [5.41, 5.74) is 2.37. The van der Waals surface area contributed by atoms with Gasteiger partial charge in [-0.25, -0.2) is 0 Å². The van der Waals surface area contributed by atoms with Crippen LogP contribution in [0.2, 0.25) is 0 Å². The highest BCUT2D eigenvalue weighted by Crippen LogP contribution is 2.18. The molecule has 0 saturated heterocycles. The molecule has 6 nitrogen and oxygen atoms in total. The topological polar surface area (TPSA) is 72.4 Å². The van der Waals surface area contributed by atoms with Crippen molar-refractivity contribution < 1.29 is 14.6 Å². The Hall–Kier alpha value is -2.44. The SMILES string of the molecule is CCCn1c(=N)n(CC(O)COc2ccc(OC)cc2)c2ccccc21.Cl. The van der Waals surface area contributed by atoms with Gasteiger partial charge in [0.05, 0.1) is 24.7 Å².